The zero-order chi connectivity index (χ0) is 17.8. The van der Waals surface area contributed by atoms with Gasteiger partial charge in [-0.25, -0.2) is 9.50 Å². The summed E-state index contributed by atoms with van der Waals surface area (Å²) in [6.07, 6.45) is 1.73. The Hall–Kier alpha value is -3.09. The number of aryl methyl sites for hydroxylation is 1. The Kier molecular flexibility index (Phi) is 4.83. The zero-order valence-corrected chi connectivity index (χ0v) is 14.4. The third kappa shape index (κ3) is 3.88. The highest BCUT2D eigenvalue weighted by atomic mass is 16.5. The Morgan fingerprint density at radius 3 is 2.44 bits per heavy atom. The van der Waals surface area contributed by atoms with Crippen molar-refractivity contribution < 1.29 is 14.3 Å². The maximum atomic E-state index is 12.6. The fraction of sp³-hybridized carbons (Fsp3) is 0.278. The highest BCUT2D eigenvalue weighted by Crippen LogP contribution is 2.24. The number of pyridine rings is 1. The number of amides is 1. The average molecular weight is 340 g/mol. The van der Waals surface area contributed by atoms with Crippen molar-refractivity contribution in [1.82, 2.24) is 14.6 Å². The fourth-order valence-corrected chi connectivity index (χ4v) is 2.47. The maximum Gasteiger partial charge on any atom is 0.255 e. The second kappa shape index (κ2) is 7.21. The molecule has 3 rings (SSSR count). The molecule has 0 aliphatic heterocycles. The molecule has 25 heavy (non-hydrogen) atoms. The first-order valence-corrected chi connectivity index (χ1v) is 8.14. The number of anilines is 1. The Morgan fingerprint density at radius 2 is 1.80 bits per heavy atom. The molecule has 0 fully saturated rings. The number of fused-ring (bicyclic) bond motifs is 1. The van der Waals surface area contributed by atoms with Crippen LogP contribution in [0.5, 0.6) is 11.5 Å². The van der Waals surface area contributed by atoms with Crippen LogP contribution in [0.2, 0.25) is 0 Å². The molecule has 0 bridgehead atoms. The molecule has 3 aromatic rings. The van der Waals surface area contributed by atoms with Crippen molar-refractivity contribution in [2.45, 2.75) is 20.8 Å². The molecule has 0 radical (unpaired) electrons. The van der Waals surface area contributed by atoms with Crippen molar-refractivity contribution in [3.63, 3.8) is 0 Å². The highest BCUT2D eigenvalue weighted by molar-refractivity contribution is 6.04. The van der Waals surface area contributed by atoms with E-state index in [-0.39, 0.29) is 5.91 Å². The van der Waals surface area contributed by atoms with E-state index < -0.39 is 0 Å². The Morgan fingerprint density at radius 1 is 1.12 bits per heavy atom. The third-order valence-corrected chi connectivity index (χ3v) is 3.46. The van der Waals surface area contributed by atoms with Gasteiger partial charge in [0.25, 0.3) is 5.91 Å². The highest BCUT2D eigenvalue weighted by Gasteiger charge is 2.11. The van der Waals surface area contributed by atoms with E-state index in [1.165, 1.54) is 0 Å². The Labute approximate surface area is 145 Å². The molecule has 7 nitrogen and oxygen atoms in total. The van der Waals surface area contributed by atoms with E-state index >= 15 is 0 Å². The monoisotopic (exact) mass is 340 g/mol. The molecule has 0 aliphatic rings. The van der Waals surface area contributed by atoms with Gasteiger partial charge in [0.05, 0.1) is 25.1 Å². The van der Waals surface area contributed by atoms with E-state index in [1.54, 1.807) is 41.0 Å². The quantitative estimate of drug-likeness (QED) is 0.746. The number of rotatable bonds is 6. The first kappa shape index (κ1) is 16.8. The van der Waals surface area contributed by atoms with Crippen LogP contribution in [0.4, 0.5) is 5.69 Å². The Bertz CT molecular complexity index is 880. The van der Waals surface area contributed by atoms with Gasteiger partial charge in [-0.2, -0.15) is 5.10 Å². The van der Waals surface area contributed by atoms with E-state index in [1.807, 2.05) is 20.8 Å². The SMILES string of the molecule is CCOc1cc(OCC)cc(C(=O)Nc2ccc3nc(C)nn3c2)c1. The van der Waals surface area contributed by atoms with Crippen molar-refractivity contribution in [2.75, 3.05) is 18.5 Å². The predicted octanol–water partition coefficient (Wildman–Crippen LogP) is 3.09. The second-order valence-corrected chi connectivity index (χ2v) is 5.39. The van der Waals surface area contributed by atoms with Gasteiger partial charge in [-0.1, -0.05) is 0 Å². The summed E-state index contributed by atoms with van der Waals surface area (Å²) in [5, 5.41) is 7.10. The number of nitrogens with zero attached hydrogens (tertiary/aromatic N) is 3. The van der Waals surface area contributed by atoms with E-state index in [2.05, 4.69) is 15.4 Å². The summed E-state index contributed by atoms with van der Waals surface area (Å²) >= 11 is 0. The molecule has 1 amide bonds. The van der Waals surface area contributed by atoms with Crippen LogP contribution in [0.1, 0.15) is 30.0 Å². The minimum Gasteiger partial charge on any atom is -0.494 e. The van der Waals surface area contributed by atoms with Gasteiger partial charge in [0.1, 0.15) is 17.3 Å². The summed E-state index contributed by atoms with van der Waals surface area (Å²) in [5.74, 6) is 1.62. The molecule has 2 aromatic heterocycles. The number of nitrogens with one attached hydrogen (secondary N) is 1. The van der Waals surface area contributed by atoms with E-state index in [9.17, 15) is 4.79 Å². The molecular formula is C18H20N4O3. The molecule has 0 spiro atoms. The topological polar surface area (TPSA) is 77.8 Å². The summed E-state index contributed by atoms with van der Waals surface area (Å²) in [6.45, 7) is 6.63. The van der Waals surface area contributed by atoms with E-state index in [4.69, 9.17) is 9.47 Å². The summed E-state index contributed by atoms with van der Waals surface area (Å²) < 4.78 is 12.7. The lowest BCUT2D eigenvalue weighted by atomic mass is 10.2. The lowest BCUT2D eigenvalue weighted by Gasteiger charge is -2.11. The second-order valence-electron chi connectivity index (χ2n) is 5.39. The standard InChI is InChI=1S/C18H20N4O3/c1-4-24-15-8-13(9-16(10-15)25-5-2)18(23)20-14-6-7-17-19-12(3)21-22(17)11-14/h6-11H,4-5H2,1-3H3,(H,20,23). The average Bonchev–Trinajstić information content (AvgIpc) is 2.94. The number of ether oxygens (including phenoxy) is 2. The molecule has 0 aliphatic carbocycles. The van der Waals surface area contributed by atoms with Gasteiger partial charge >= 0.3 is 0 Å². The van der Waals surface area contributed by atoms with Gasteiger partial charge in [-0.3, -0.25) is 4.79 Å². The van der Waals surface area contributed by atoms with Crippen LogP contribution >= 0.6 is 0 Å². The van der Waals surface area contributed by atoms with Crippen molar-refractivity contribution >= 4 is 17.2 Å². The van der Waals surface area contributed by atoms with Crippen LogP contribution < -0.4 is 14.8 Å². The van der Waals surface area contributed by atoms with Gasteiger partial charge < -0.3 is 14.8 Å². The van der Waals surface area contributed by atoms with Crippen molar-refractivity contribution in [3.05, 3.63) is 47.9 Å². The molecule has 130 valence electrons. The Balaban J connectivity index is 1.85. The van der Waals surface area contributed by atoms with Crippen LogP contribution in [0.25, 0.3) is 5.65 Å². The van der Waals surface area contributed by atoms with Gasteiger partial charge in [-0.15, -0.1) is 0 Å². The molecular weight excluding hydrogens is 320 g/mol. The number of carbonyl (C=O) groups is 1. The predicted molar refractivity (Wildman–Crippen MR) is 94.5 cm³/mol. The largest absolute Gasteiger partial charge is 0.494 e. The first-order chi connectivity index (χ1) is 12.1. The molecule has 2 heterocycles. The summed E-state index contributed by atoms with van der Waals surface area (Å²) in [6, 6.07) is 8.75. The smallest absolute Gasteiger partial charge is 0.255 e. The van der Waals surface area contributed by atoms with Crippen molar-refractivity contribution in [3.8, 4) is 11.5 Å². The van der Waals surface area contributed by atoms with Gasteiger partial charge in [-0.05, 0) is 45.0 Å². The first-order valence-electron chi connectivity index (χ1n) is 8.14. The molecule has 1 aromatic carbocycles. The van der Waals surface area contributed by atoms with Gasteiger partial charge in [0, 0.05) is 11.6 Å². The van der Waals surface area contributed by atoms with Crippen LogP contribution in [-0.2, 0) is 0 Å². The molecule has 0 saturated heterocycles. The van der Waals surface area contributed by atoms with Crippen molar-refractivity contribution in [1.29, 1.82) is 0 Å². The number of aromatic nitrogens is 3. The van der Waals surface area contributed by atoms with Gasteiger partial charge in [0.2, 0.25) is 0 Å². The molecule has 7 heteroatoms. The number of benzene rings is 1. The number of carbonyl (C=O) groups excluding carboxylic acids is 1. The molecule has 0 saturated carbocycles. The van der Waals surface area contributed by atoms with Crippen LogP contribution in [0, 0.1) is 6.92 Å². The van der Waals surface area contributed by atoms with Crippen LogP contribution in [-0.4, -0.2) is 33.7 Å². The number of hydrogen-bond acceptors (Lipinski definition) is 5. The number of hydrogen-bond donors (Lipinski definition) is 1. The van der Waals surface area contributed by atoms with E-state index in [0.29, 0.717) is 41.8 Å². The summed E-state index contributed by atoms with van der Waals surface area (Å²) in [5.41, 5.74) is 1.82. The lowest BCUT2D eigenvalue weighted by Crippen LogP contribution is -2.13. The van der Waals surface area contributed by atoms with Crippen LogP contribution in [0.3, 0.4) is 0 Å². The molecule has 1 N–H and O–H groups in total. The lowest BCUT2D eigenvalue weighted by molar-refractivity contribution is 0.102. The van der Waals surface area contributed by atoms with E-state index in [0.717, 1.165) is 5.65 Å². The van der Waals surface area contributed by atoms with Crippen LogP contribution in [0.15, 0.2) is 36.5 Å². The summed E-state index contributed by atoms with van der Waals surface area (Å²) in [4.78, 5) is 16.9. The molecule has 0 unspecified atom stereocenters. The molecule has 0 atom stereocenters. The zero-order valence-electron chi connectivity index (χ0n) is 14.4. The fourth-order valence-electron chi connectivity index (χ4n) is 2.47. The van der Waals surface area contributed by atoms with Crippen molar-refractivity contribution in [2.24, 2.45) is 0 Å². The minimum absolute atomic E-state index is 0.251. The minimum atomic E-state index is -0.251. The third-order valence-electron chi connectivity index (χ3n) is 3.46. The van der Waals surface area contributed by atoms with Gasteiger partial charge in [0.15, 0.2) is 5.65 Å². The normalized spacial score (nSPS) is 10.7. The maximum absolute atomic E-state index is 12.6. The summed E-state index contributed by atoms with van der Waals surface area (Å²) in [7, 11) is 0.